The summed E-state index contributed by atoms with van der Waals surface area (Å²) in [5.74, 6) is -2.53. The van der Waals surface area contributed by atoms with Crippen LogP contribution < -0.4 is 10.6 Å². The maximum absolute atomic E-state index is 12.6. The molecule has 6 rings (SSSR count). The molecule has 16 atom stereocenters. The van der Waals surface area contributed by atoms with Crippen LogP contribution in [0.5, 0.6) is 0 Å². The first-order valence-corrected chi connectivity index (χ1v) is 25.3. The third-order valence-electron chi connectivity index (χ3n) is 13.1. The van der Waals surface area contributed by atoms with Crippen LogP contribution in [0.4, 0.5) is 0 Å². The van der Waals surface area contributed by atoms with Gasteiger partial charge in [0.05, 0.1) is 57.4 Å². The normalized spacial score (nSPS) is 43.5. The molecule has 0 aromatic heterocycles. The van der Waals surface area contributed by atoms with Crippen LogP contribution >= 0.6 is 0 Å². The zero-order valence-electron chi connectivity index (χ0n) is 30.7. The van der Waals surface area contributed by atoms with E-state index in [1.54, 1.807) is 0 Å². The molecule has 2 saturated heterocycles. The van der Waals surface area contributed by atoms with Gasteiger partial charge in [-0.2, -0.15) is 54.1 Å². The van der Waals surface area contributed by atoms with Crippen LogP contribution in [0, 0.1) is 23.7 Å². The van der Waals surface area contributed by atoms with Gasteiger partial charge in [0, 0.05) is 12.1 Å². The fourth-order valence-corrected chi connectivity index (χ4v) is 14.8. The van der Waals surface area contributed by atoms with E-state index in [1.165, 1.54) is 12.2 Å². The van der Waals surface area contributed by atoms with Crippen molar-refractivity contribution >= 4 is 40.5 Å². The summed E-state index contributed by atoms with van der Waals surface area (Å²) in [6, 6.07) is -4.63. The SMILES string of the molecule is O=S(=O)(O)C1CC(N=NC2CC(S(=O)(=O)O)C3CCCNC3C2O)CCC1/C=C/C1CCC(N=NC2CC(S(=O)(=O)O)C3CCCNC3C2O)CC1S(=O)(=O)O. The summed E-state index contributed by atoms with van der Waals surface area (Å²) in [5, 5.41) is 40.3. The lowest BCUT2D eigenvalue weighted by atomic mass is 9.75. The highest BCUT2D eigenvalue weighted by Gasteiger charge is 2.51. The van der Waals surface area contributed by atoms with Crippen molar-refractivity contribution in [1.82, 2.24) is 10.6 Å². The van der Waals surface area contributed by atoms with Gasteiger partial charge in [-0.05, 0) is 114 Å². The first-order valence-electron chi connectivity index (χ1n) is 19.3. The van der Waals surface area contributed by atoms with E-state index in [1.807, 2.05) is 0 Å². The molecule has 0 aromatic rings. The molecule has 24 heteroatoms. The highest BCUT2D eigenvalue weighted by Crippen LogP contribution is 2.40. The quantitative estimate of drug-likeness (QED) is 0.0855. The van der Waals surface area contributed by atoms with Gasteiger partial charge in [0.2, 0.25) is 0 Å². The molecule has 2 heterocycles. The number of nitrogens with zero attached hydrogens (tertiary/aromatic N) is 4. The fourth-order valence-electron chi connectivity index (χ4n) is 10.2. The van der Waals surface area contributed by atoms with E-state index in [0.29, 0.717) is 51.6 Å². The number of piperidine rings is 2. The predicted octanol–water partition coefficient (Wildman–Crippen LogP) is 0.813. The summed E-state index contributed by atoms with van der Waals surface area (Å²) < 4.78 is 139. The summed E-state index contributed by atoms with van der Waals surface area (Å²) in [5.41, 5.74) is 0. The Morgan fingerprint density at radius 1 is 0.464 bits per heavy atom. The maximum Gasteiger partial charge on any atom is 0.268 e. The number of azo groups is 2. The van der Waals surface area contributed by atoms with Crippen LogP contribution in [-0.2, 0) is 40.5 Å². The van der Waals surface area contributed by atoms with Crippen molar-refractivity contribution in [3.05, 3.63) is 12.2 Å². The molecule has 0 radical (unpaired) electrons. The maximum atomic E-state index is 12.6. The Balaban J connectivity index is 1.10. The van der Waals surface area contributed by atoms with E-state index in [0.717, 1.165) is 0 Å². The Morgan fingerprint density at radius 3 is 1.16 bits per heavy atom. The van der Waals surface area contributed by atoms with Gasteiger partial charge in [0.1, 0.15) is 0 Å². The topological polar surface area (TPSA) is 331 Å². The lowest BCUT2D eigenvalue weighted by Crippen LogP contribution is -2.61. The van der Waals surface area contributed by atoms with Gasteiger partial charge in [0.25, 0.3) is 40.5 Å². The standard InChI is InChI=1S/C32H54N6O14S4/c39-31-23(15-27(55(47,48)49)21-3-1-11-33-29(21)31)37-35-19-9-7-17(25(13-19)53(41,42)43)5-6-18-8-10-20(14-26(18)54(44,45)46)36-38-24-16-28(56(50,51)52)22-4-2-12-34-30(22)32(24)40/h5-6,17-34,39-40H,1-4,7-16H2,(H,41,42,43)(H,44,45,46)(H,47,48,49)(H,50,51,52)/b6-5+,37-35?,38-36?. The van der Waals surface area contributed by atoms with Gasteiger partial charge in [-0.25, -0.2) is 0 Å². The molecule has 4 saturated carbocycles. The van der Waals surface area contributed by atoms with Crippen LogP contribution in [0.2, 0.25) is 0 Å². The second kappa shape index (κ2) is 17.2. The smallest absolute Gasteiger partial charge is 0.268 e. The molecule has 20 nitrogen and oxygen atoms in total. The van der Waals surface area contributed by atoms with Gasteiger partial charge < -0.3 is 20.8 Å². The molecule has 0 aromatic carbocycles. The minimum atomic E-state index is -4.65. The lowest BCUT2D eigenvalue weighted by Gasteiger charge is -2.45. The highest BCUT2D eigenvalue weighted by molar-refractivity contribution is 7.87. The first kappa shape index (κ1) is 44.0. The zero-order valence-corrected chi connectivity index (χ0v) is 33.9. The van der Waals surface area contributed by atoms with Crippen molar-refractivity contribution in [3.63, 3.8) is 0 Å². The number of allylic oxidation sites excluding steroid dienone is 2. The predicted molar refractivity (Wildman–Crippen MR) is 200 cm³/mol. The molecule has 2 aliphatic heterocycles. The molecule has 56 heavy (non-hydrogen) atoms. The molecule has 0 bridgehead atoms. The number of hydrogen-bond donors (Lipinski definition) is 8. The van der Waals surface area contributed by atoms with Crippen LogP contribution in [0.25, 0.3) is 0 Å². The third kappa shape index (κ3) is 10.1. The Hall–Kier alpha value is -1.58. The average Bonchev–Trinajstić information content (AvgIpc) is 3.12. The van der Waals surface area contributed by atoms with E-state index in [4.69, 9.17) is 0 Å². The molecule has 6 aliphatic rings. The molecule has 4 aliphatic carbocycles. The summed E-state index contributed by atoms with van der Waals surface area (Å²) in [4.78, 5) is 0. The van der Waals surface area contributed by atoms with E-state index in [-0.39, 0.29) is 38.5 Å². The van der Waals surface area contributed by atoms with Crippen molar-refractivity contribution in [1.29, 1.82) is 0 Å². The molecule has 320 valence electrons. The van der Waals surface area contributed by atoms with Crippen LogP contribution in [0.3, 0.4) is 0 Å². The first-order chi connectivity index (χ1) is 26.1. The minimum absolute atomic E-state index is 0.163. The summed E-state index contributed by atoms with van der Waals surface area (Å²) >= 11 is 0. The molecule has 6 fully saturated rings. The van der Waals surface area contributed by atoms with Gasteiger partial charge in [-0.1, -0.05) is 12.2 Å². The van der Waals surface area contributed by atoms with Gasteiger partial charge in [-0.3, -0.25) is 18.2 Å². The lowest BCUT2D eigenvalue weighted by molar-refractivity contribution is 0.0254. The van der Waals surface area contributed by atoms with Crippen LogP contribution in [-0.4, -0.2) is 145 Å². The Bertz CT molecular complexity index is 1810. The van der Waals surface area contributed by atoms with Crippen LogP contribution in [0.15, 0.2) is 32.6 Å². The number of nitrogens with one attached hydrogen (secondary N) is 2. The van der Waals surface area contributed by atoms with Gasteiger partial charge in [-0.15, -0.1) is 0 Å². The second-order valence-electron chi connectivity index (χ2n) is 16.5. The van der Waals surface area contributed by atoms with Crippen molar-refractivity contribution in [2.75, 3.05) is 13.1 Å². The molecule has 0 amide bonds. The monoisotopic (exact) mass is 874 g/mol. The van der Waals surface area contributed by atoms with Crippen molar-refractivity contribution in [2.24, 2.45) is 44.1 Å². The summed E-state index contributed by atoms with van der Waals surface area (Å²) in [7, 11) is -18.2. The van der Waals surface area contributed by atoms with E-state index in [2.05, 4.69) is 31.1 Å². The summed E-state index contributed by atoms with van der Waals surface area (Å²) in [6.45, 7) is 1.11. The van der Waals surface area contributed by atoms with Crippen molar-refractivity contribution in [2.45, 2.75) is 147 Å². The number of hydrogen-bond acceptors (Lipinski definition) is 16. The number of aliphatic hydroxyl groups excluding tert-OH is 2. The number of aliphatic hydroxyl groups is 2. The van der Waals surface area contributed by atoms with E-state index >= 15 is 0 Å². The van der Waals surface area contributed by atoms with Crippen molar-refractivity contribution in [3.8, 4) is 0 Å². The molecule has 0 spiro atoms. The Morgan fingerprint density at radius 2 is 0.821 bits per heavy atom. The number of rotatable bonds is 10. The van der Waals surface area contributed by atoms with Crippen molar-refractivity contribution < 1.29 is 62.1 Å². The second-order valence-corrected chi connectivity index (χ2v) is 23.0. The number of fused-ring (bicyclic) bond motifs is 2. The fraction of sp³-hybridized carbons (Fsp3) is 0.938. The zero-order chi connectivity index (χ0) is 40.8. The molecular weight excluding hydrogens is 821 g/mol. The third-order valence-corrected chi connectivity index (χ3v) is 18.3. The highest BCUT2D eigenvalue weighted by atomic mass is 32.2. The minimum Gasteiger partial charge on any atom is -0.389 e. The largest absolute Gasteiger partial charge is 0.389 e. The van der Waals surface area contributed by atoms with Gasteiger partial charge >= 0.3 is 0 Å². The average molecular weight is 875 g/mol. The molecule has 16 unspecified atom stereocenters. The van der Waals surface area contributed by atoms with Crippen LogP contribution in [0.1, 0.15) is 77.0 Å². The van der Waals surface area contributed by atoms with E-state index in [9.17, 15) is 62.1 Å². The molecular formula is C32H54N6O14S4. The molecule has 8 N–H and O–H groups in total. The Labute approximate surface area is 327 Å². The summed E-state index contributed by atoms with van der Waals surface area (Å²) in [6.07, 6.45) is 3.56. The van der Waals surface area contributed by atoms with E-state index < -0.39 is 134 Å². The van der Waals surface area contributed by atoms with Gasteiger partial charge in [0.15, 0.2) is 0 Å². The Kier molecular flexibility index (Phi) is 13.5.